The van der Waals surface area contributed by atoms with Crippen molar-refractivity contribution in [3.05, 3.63) is 59.4 Å². The van der Waals surface area contributed by atoms with E-state index < -0.39 is 18.1 Å². The third-order valence-electron chi connectivity index (χ3n) is 6.50. The first-order valence-electron chi connectivity index (χ1n) is 11.6. The number of alkyl halides is 1. The fourth-order valence-electron chi connectivity index (χ4n) is 4.39. The van der Waals surface area contributed by atoms with Gasteiger partial charge in [-0.1, -0.05) is 0 Å². The topological polar surface area (TPSA) is 101 Å². The van der Waals surface area contributed by atoms with Gasteiger partial charge in [-0.2, -0.15) is 0 Å². The summed E-state index contributed by atoms with van der Waals surface area (Å²) < 4.78 is 19.1. The van der Waals surface area contributed by atoms with Gasteiger partial charge in [0.2, 0.25) is 0 Å². The van der Waals surface area contributed by atoms with Crippen molar-refractivity contribution >= 4 is 17.6 Å². The summed E-state index contributed by atoms with van der Waals surface area (Å²) in [6.07, 6.45) is 1.89. The molecule has 1 aromatic heterocycles. The van der Waals surface area contributed by atoms with Crippen LogP contribution in [0.3, 0.4) is 0 Å². The predicted octanol–water partition coefficient (Wildman–Crippen LogP) is 2.26. The summed E-state index contributed by atoms with van der Waals surface area (Å²) in [6, 6.07) is 9.58. The lowest BCUT2D eigenvalue weighted by molar-refractivity contribution is 0.0645. The van der Waals surface area contributed by atoms with Crippen molar-refractivity contribution in [3.63, 3.8) is 0 Å². The number of methoxy groups -OCH3 is 1. The highest BCUT2D eigenvalue weighted by molar-refractivity contribution is 5.99. The molecule has 8 nitrogen and oxygen atoms in total. The average molecular weight is 469 g/mol. The van der Waals surface area contributed by atoms with Crippen LogP contribution in [0.4, 0.5) is 4.39 Å². The number of pyridine rings is 1. The minimum absolute atomic E-state index is 0.0764. The molecule has 0 unspecified atom stereocenters. The van der Waals surface area contributed by atoms with Crippen molar-refractivity contribution < 1.29 is 23.5 Å². The third-order valence-corrected chi connectivity index (χ3v) is 6.50. The molecule has 2 saturated heterocycles. The Balaban J connectivity index is 1.30. The molecule has 2 aliphatic rings. The number of amides is 2. The number of hydrogen-bond acceptors (Lipinski definition) is 6. The zero-order valence-corrected chi connectivity index (χ0v) is 19.1. The van der Waals surface area contributed by atoms with Gasteiger partial charge in [-0.05, 0) is 62.2 Å². The van der Waals surface area contributed by atoms with E-state index in [0.29, 0.717) is 50.2 Å². The van der Waals surface area contributed by atoms with Crippen LogP contribution in [0.25, 0.3) is 0 Å². The number of piperidine rings is 2. The molecule has 4 rings (SSSR count). The van der Waals surface area contributed by atoms with Crippen LogP contribution in [-0.4, -0.2) is 73.0 Å². The number of nitrogens with zero attached hydrogens (tertiary/aromatic N) is 2. The Morgan fingerprint density at radius 2 is 1.76 bits per heavy atom. The molecule has 34 heavy (non-hydrogen) atoms. The van der Waals surface area contributed by atoms with Gasteiger partial charge in [0.15, 0.2) is 5.78 Å². The van der Waals surface area contributed by atoms with Gasteiger partial charge in [0.1, 0.15) is 17.6 Å². The number of halogens is 1. The van der Waals surface area contributed by atoms with E-state index >= 15 is 0 Å². The van der Waals surface area contributed by atoms with Crippen LogP contribution in [0.15, 0.2) is 42.6 Å². The van der Waals surface area contributed by atoms with Crippen molar-refractivity contribution in [2.24, 2.45) is 5.92 Å². The van der Waals surface area contributed by atoms with Crippen LogP contribution < -0.4 is 15.4 Å². The number of rotatable bonds is 6. The Hall–Kier alpha value is -3.33. The minimum atomic E-state index is -1.13. The highest BCUT2D eigenvalue weighted by Crippen LogP contribution is 2.24. The number of nitrogens with one attached hydrogen (secondary N) is 2. The first-order valence-corrected chi connectivity index (χ1v) is 11.6. The van der Waals surface area contributed by atoms with E-state index in [1.807, 2.05) is 0 Å². The molecular formula is C25H29FN4O4. The molecule has 0 radical (unpaired) electrons. The third kappa shape index (κ3) is 5.41. The van der Waals surface area contributed by atoms with E-state index in [-0.39, 0.29) is 35.4 Å². The fourth-order valence-corrected chi connectivity index (χ4v) is 4.39. The predicted molar refractivity (Wildman–Crippen MR) is 124 cm³/mol. The molecule has 1 aromatic carbocycles. The fraction of sp³-hybridized carbons (Fsp3) is 0.440. The van der Waals surface area contributed by atoms with Gasteiger partial charge in [-0.3, -0.25) is 19.4 Å². The van der Waals surface area contributed by atoms with Crippen LogP contribution in [0, 0.1) is 5.92 Å². The number of likely N-dealkylation sites (tertiary alicyclic amines) is 1. The van der Waals surface area contributed by atoms with Crippen LogP contribution in [-0.2, 0) is 0 Å². The number of hydrogen-bond donors (Lipinski definition) is 2. The van der Waals surface area contributed by atoms with Crippen molar-refractivity contribution in [1.82, 2.24) is 20.5 Å². The smallest absolute Gasteiger partial charge is 0.272 e. The van der Waals surface area contributed by atoms with E-state index in [1.165, 1.54) is 18.3 Å². The second kappa shape index (κ2) is 10.7. The van der Waals surface area contributed by atoms with E-state index in [1.54, 1.807) is 36.3 Å². The van der Waals surface area contributed by atoms with E-state index in [2.05, 4.69) is 15.6 Å². The zero-order chi connectivity index (χ0) is 24.1. The maximum atomic E-state index is 13.9. The van der Waals surface area contributed by atoms with Crippen LogP contribution in [0.5, 0.6) is 5.75 Å². The molecule has 180 valence electrons. The lowest BCUT2D eigenvalue weighted by Gasteiger charge is -2.31. The molecule has 2 aromatic rings. The first-order chi connectivity index (χ1) is 16.5. The van der Waals surface area contributed by atoms with Crippen LogP contribution in [0.2, 0.25) is 0 Å². The Kier molecular flexibility index (Phi) is 7.52. The quantitative estimate of drug-likeness (QED) is 0.631. The van der Waals surface area contributed by atoms with Crippen molar-refractivity contribution in [2.75, 3.05) is 33.3 Å². The lowest BCUT2D eigenvalue weighted by atomic mass is 9.88. The summed E-state index contributed by atoms with van der Waals surface area (Å²) in [6.45, 7) is 1.80. The highest BCUT2D eigenvalue weighted by atomic mass is 19.1. The molecule has 2 fully saturated rings. The maximum Gasteiger partial charge on any atom is 0.272 e. The second-order valence-corrected chi connectivity index (χ2v) is 8.68. The molecule has 0 bridgehead atoms. The van der Waals surface area contributed by atoms with Crippen LogP contribution in [0.1, 0.15) is 50.5 Å². The Morgan fingerprint density at radius 1 is 1.06 bits per heavy atom. The molecule has 9 heteroatoms. The normalized spacial score (nSPS) is 21.1. The van der Waals surface area contributed by atoms with Gasteiger partial charge in [0.05, 0.1) is 18.7 Å². The maximum absolute atomic E-state index is 13.9. The summed E-state index contributed by atoms with van der Waals surface area (Å²) in [4.78, 5) is 43.9. The summed E-state index contributed by atoms with van der Waals surface area (Å²) in [5, 5.41) is 5.65. The molecule has 2 amide bonds. The molecule has 2 aliphatic heterocycles. The highest BCUT2D eigenvalue weighted by Gasteiger charge is 2.29. The van der Waals surface area contributed by atoms with Gasteiger partial charge in [0.25, 0.3) is 11.8 Å². The minimum Gasteiger partial charge on any atom is -0.497 e. The van der Waals surface area contributed by atoms with Crippen molar-refractivity contribution in [3.8, 4) is 5.75 Å². The zero-order valence-electron chi connectivity index (χ0n) is 19.1. The number of ether oxygens (including phenoxy) is 1. The molecule has 0 aliphatic carbocycles. The summed E-state index contributed by atoms with van der Waals surface area (Å²) in [5.74, 6) is 0.00699. The van der Waals surface area contributed by atoms with E-state index in [0.717, 1.165) is 0 Å². The number of benzene rings is 1. The molecular weight excluding hydrogens is 439 g/mol. The lowest BCUT2D eigenvalue weighted by Crippen LogP contribution is -2.50. The summed E-state index contributed by atoms with van der Waals surface area (Å²) in [7, 11) is 1.58. The monoisotopic (exact) mass is 468 g/mol. The number of carbonyl (C=O) groups is 3. The number of ketones is 1. The number of aromatic nitrogens is 1. The number of carbonyl (C=O) groups excluding carboxylic acids is 3. The first kappa shape index (κ1) is 23.8. The Morgan fingerprint density at radius 3 is 2.38 bits per heavy atom. The van der Waals surface area contributed by atoms with E-state index in [4.69, 9.17) is 4.74 Å². The SMILES string of the molecule is COc1ccc(C(=O)C2CCN(C(=O)c3ccc(C(=O)N[C@@H]4CCNC[C@H]4F)cn3)CC2)cc1. The van der Waals surface area contributed by atoms with Gasteiger partial charge in [-0.25, -0.2) is 4.39 Å². The molecule has 0 saturated carbocycles. The largest absolute Gasteiger partial charge is 0.497 e. The van der Waals surface area contributed by atoms with Crippen molar-refractivity contribution in [2.45, 2.75) is 31.5 Å². The molecule has 0 spiro atoms. The van der Waals surface area contributed by atoms with Gasteiger partial charge in [0, 0.05) is 37.3 Å². The molecule has 2 N–H and O–H groups in total. The molecule has 3 heterocycles. The standard InChI is InChI=1S/C25H29FN4O4/c1-34-19-5-2-16(3-6-19)23(31)17-9-12-30(13-10-17)25(33)22-7-4-18(14-28-22)24(32)29-21-8-11-27-15-20(21)26/h2-7,14,17,20-21,27H,8-13,15H2,1H3,(H,29,32)/t20-,21-/m1/s1. The van der Waals surface area contributed by atoms with Crippen molar-refractivity contribution in [1.29, 1.82) is 0 Å². The van der Waals surface area contributed by atoms with Gasteiger partial charge >= 0.3 is 0 Å². The Bertz CT molecular complexity index is 1020. The average Bonchev–Trinajstić information content (AvgIpc) is 2.89. The van der Waals surface area contributed by atoms with Gasteiger partial charge in [-0.15, -0.1) is 0 Å². The Labute approximate surface area is 197 Å². The van der Waals surface area contributed by atoms with Crippen LogP contribution >= 0.6 is 0 Å². The second-order valence-electron chi connectivity index (χ2n) is 8.68. The molecule has 2 atom stereocenters. The summed E-state index contributed by atoms with van der Waals surface area (Å²) >= 11 is 0. The van der Waals surface area contributed by atoms with Gasteiger partial charge < -0.3 is 20.3 Å². The van der Waals surface area contributed by atoms with E-state index in [9.17, 15) is 18.8 Å². The summed E-state index contributed by atoms with van der Waals surface area (Å²) in [5.41, 5.74) is 1.16. The number of Topliss-reactive ketones (excluding diaryl/α,β-unsaturated/α-hetero) is 1.